The van der Waals surface area contributed by atoms with E-state index >= 15 is 0 Å². The van der Waals surface area contributed by atoms with Gasteiger partial charge in [-0.2, -0.15) is 18.2 Å². The minimum atomic E-state index is -4.43. The van der Waals surface area contributed by atoms with Crippen LogP contribution in [-0.2, 0) is 12.7 Å². The summed E-state index contributed by atoms with van der Waals surface area (Å²) in [5.74, 6) is 0.355. The summed E-state index contributed by atoms with van der Waals surface area (Å²) in [5, 5.41) is 13.3. The van der Waals surface area contributed by atoms with Gasteiger partial charge >= 0.3 is 12.1 Å². The van der Waals surface area contributed by atoms with E-state index in [-0.39, 0.29) is 36.1 Å². The van der Waals surface area contributed by atoms with Gasteiger partial charge in [-0.25, -0.2) is 14.8 Å². The molecule has 3 fully saturated rings. The third-order valence-electron chi connectivity index (χ3n) is 9.85. The van der Waals surface area contributed by atoms with E-state index in [9.17, 15) is 23.1 Å². The number of benzene rings is 2. The van der Waals surface area contributed by atoms with Gasteiger partial charge in [-0.3, -0.25) is 0 Å². The van der Waals surface area contributed by atoms with Crippen molar-refractivity contribution in [2.75, 3.05) is 10.2 Å². The number of rotatable bonds is 8. The summed E-state index contributed by atoms with van der Waals surface area (Å²) in [4.78, 5) is 28.2. The number of fused-ring (bicyclic) bond motifs is 3. The Bertz CT molecular complexity index is 1660. The van der Waals surface area contributed by atoms with Crippen LogP contribution in [0.25, 0.3) is 11.2 Å². The van der Waals surface area contributed by atoms with Gasteiger partial charge in [0.1, 0.15) is 5.52 Å². The van der Waals surface area contributed by atoms with Crippen molar-refractivity contribution in [3.63, 3.8) is 0 Å². The number of aromatic carboxylic acids is 1. The molecule has 44 heavy (non-hydrogen) atoms. The molecule has 0 amide bonds. The molecule has 2 aliphatic heterocycles. The van der Waals surface area contributed by atoms with Crippen molar-refractivity contribution in [1.29, 1.82) is 0 Å². The Morgan fingerprint density at radius 2 is 1.66 bits per heavy atom. The smallest absolute Gasteiger partial charge is 0.416 e. The fourth-order valence-corrected chi connectivity index (χ4v) is 7.32. The number of imidazole rings is 1. The monoisotopic (exact) mass is 604 g/mol. The van der Waals surface area contributed by atoms with Crippen LogP contribution in [0.4, 0.5) is 24.9 Å². The molecule has 1 aliphatic carbocycles. The molecule has 8 nitrogen and oxygen atoms in total. The summed E-state index contributed by atoms with van der Waals surface area (Å²) >= 11 is 0. The number of nitrogens with zero attached hydrogens (tertiary/aromatic N) is 5. The van der Waals surface area contributed by atoms with Crippen LogP contribution in [0, 0.1) is 5.92 Å². The maximum absolute atomic E-state index is 13.3. The number of anilines is 2. The zero-order chi connectivity index (χ0) is 30.6. The van der Waals surface area contributed by atoms with E-state index < -0.39 is 17.7 Å². The minimum Gasteiger partial charge on any atom is -0.475 e. The van der Waals surface area contributed by atoms with E-state index in [1.165, 1.54) is 17.7 Å². The molecule has 11 heteroatoms. The van der Waals surface area contributed by atoms with Crippen molar-refractivity contribution in [3.8, 4) is 0 Å². The minimum absolute atomic E-state index is 0.0548. The average molecular weight is 605 g/mol. The summed E-state index contributed by atoms with van der Waals surface area (Å²) in [6.45, 7) is 2.31. The molecule has 7 rings (SSSR count). The van der Waals surface area contributed by atoms with Gasteiger partial charge in [0.2, 0.25) is 11.8 Å². The van der Waals surface area contributed by atoms with Crippen molar-refractivity contribution in [2.24, 2.45) is 5.92 Å². The van der Waals surface area contributed by atoms with E-state index in [2.05, 4.69) is 51.4 Å². The van der Waals surface area contributed by atoms with Gasteiger partial charge in [0, 0.05) is 18.1 Å². The van der Waals surface area contributed by atoms with Crippen LogP contribution in [0.15, 0.2) is 54.6 Å². The molecule has 4 aromatic rings. The summed E-state index contributed by atoms with van der Waals surface area (Å²) in [7, 11) is 0. The van der Waals surface area contributed by atoms with Crippen LogP contribution in [-0.4, -0.2) is 48.7 Å². The first-order valence-electron chi connectivity index (χ1n) is 15.4. The zero-order valence-corrected chi connectivity index (χ0v) is 24.5. The quantitative estimate of drug-likeness (QED) is 0.221. The number of carboxylic acids is 1. The van der Waals surface area contributed by atoms with Crippen molar-refractivity contribution in [3.05, 3.63) is 77.1 Å². The fourth-order valence-electron chi connectivity index (χ4n) is 7.32. The SMILES string of the molecule is C[C@@H](Nc1nc(C(=O)O)nc2nc(N3[C@@H]4CC[C@H]3CC(c3ccccc3)C4)n(Cc3ccc(C(F)(F)F)cc3)c12)C1CCC1. The molecule has 0 radical (unpaired) electrons. The normalized spacial score (nSPS) is 22.6. The second-order valence-electron chi connectivity index (χ2n) is 12.6. The van der Waals surface area contributed by atoms with E-state index in [1.54, 1.807) is 0 Å². The lowest BCUT2D eigenvalue weighted by molar-refractivity contribution is -0.137. The first kappa shape index (κ1) is 28.6. The molecule has 2 saturated heterocycles. The highest BCUT2D eigenvalue weighted by Gasteiger charge is 2.43. The molecule has 1 unspecified atom stereocenters. The number of nitrogens with one attached hydrogen (secondary N) is 1. The molecule has 4 atom stereocenters. The summed E-state index contributed by atoms with van der Waals surface area (Å²) in [6, 6.07) is 16.2. The molecule has 2 bridgehead atoms. The maximum atomic E-state index is 13.3. The van der Waals surface area contributed by atoms with Gasteiger partial charge < -0.3 is 19.9 Å². The molecular formula is C33H35F3N6O2. The van der Waals surface area contributed by atoms with Crippen LogP contribution in [0.5, 0.6) is 0 Å². The highest BCUT2D eigenvalue weighted by atomic mass is 19.4. The number of hydrogen-bond donors (Lipinski definition) is 2. The fraction of sp³-hybridized carbons (Fsp3) is 0.455. The summed E-state index contributed by atoms with van der Waals surface area (Å²) < 4.78 is 42.0. The van der Waals surface area contributed by atoms with E-state index in [1.807, 2.05) is 10.6 Å². The van der Waals surface area contributed by atoms with Gasteiger partial charge in [0.15, 0.2) is 11.5 Å². The Hall–Kier alpha value is -4.15. The van der Waals surface area contributed by atoms with E-state index in [0.29, 0.717) is 34.7 Å². The van der Waals surface area contributed by atoms with Crippen LogP contribution < -0.4 is 10.2 Å². The second-order valence-corrected chi connectivity index (χ2v) is 12.6. The number of halogens is 3. The highest BCUT2D eigenvalue weighted by molar-refractivity contribution is 5.92. The largest absolute Gasteiger partial charge is 0.475 e. The van der Waals surface area contributed by atoms with Crippen molar-refractivity contribution < 1.29 is 23.1 Å². The number of carboxylic acid groups (broad SMARTS) is 1. The molecule has 230 valence electrons. The lowest BCUT2D eigenvalue weighted by Gasteiger charge is -2.40. The lowest BCUT2D eigenvalue weighted by atomic mass is 9.80. The van der Waals surface area contributed by atoms with Gasteiger partial charge in [0.05, 0.1) is 12.1 Å². The first-order valence-corrected chi connectivity index (χ1v) is 15.4. The molecule has 4 heterocycles. The molecule has 0 spiro atoms. The lowest BCUT2D eigenvalue weighted by Crippen LogP contribution is -2.44. The number of piperidine rings is 1. The maximum Gasteiger partial charge on any atom is 0.416 e. The van der Waals surface area contributed by atoms with E-state index in [4.69, 9.17) is 4.98 Å². The Morgan fingerprint density at radius 3 is 2.25 bits per heavy atom. The average Bonchev–Trinajstić information content (AvgIpc) is 3.44. The van der Waals surface area contributed by atoms with Gasteiger partial charge in [-0.05, 0) is 80.5 Å². The number of alkyl halides is 3. The third-order valence-corrected chi connectivity index (χ3v) is 9.85. The Morgan fingerprint density at radius 1 is 0.977 bits per heavy atom. The van der Waals surface area contributed by atoms with Crippen molar-refractivity contribution >= 4 is 28.9 Å². The van der Waals surface area contributed by atoms with Gasteiger partial charge in [-0.15, -0.1) is 0 Å². The second kappa shape index (κ2) is 11.1. The third kappa shape index (κ3) is 5.26. The molecule has 1 saturated carbocycles. The molecule has 3 aliphatic rings. The first-order chi connectivity index (χ1) is 21.2. The molecule has 2 aromatic heterocycles. The predicted molar refractivity (Wildman–Crippen MR) is 161 cm³/mol. The van der Waals surface area contributed by atoms with Crippen LogP contribution >= 0.6 is 0 Å². The topological polar surface area (TPSA) is 96.2 Å². The zero-order valence-electron chi connectivity index (χ0n) is 24.5. The molecule has 2 aromatic carbocycles. The standard InChI is InChI=1S/C33H35F3N6O2/c1-19(21-8-5-9-21)37-28-27-29(39-30(38-28)31(43)44)40-32(41(27)18-20-10-12-24(13-11-20)33(34,35)36)42-25-14-15-26(42)17-23(16-25)22-6-3-2-4-7-22/h2-4,6-7,10-13,19,21,23,25-26H,5,8-9,14-18H2,1H3,(H,43,44)(H,37,38,39)/t19-,23?,25-,26+/m1/s1. The van der Waals surface area contributed by atoms with Crippen LogP contribution in [0.2, 0.25) is 0 Å². The van der Waals surface area contributed by atoms with Crippen LogP contribution in [0.3, 0.4) is 0 Å². The number of hydrogen-bond acceptors (Lipinski definition) is 6. The van der Waals surface area contributed by atoms with Crippen LogP contribution in [0.1, 0.15) is 85.1 Å². The number of aromatic nitrogens is 4. The Labute approximate surface area is 253 Å². The predicted octanol–water partition coefficient (Wildman–Crippen LogP) is 7.11. The molecule has 2 N–H and O–H groups in total. The summed E-state index contributed by atoms with van der Waals surface area (Å²) in [6.07, 6.45) is 2.84. The van der Waals surface area contributed by atoms with Gasteiger partial charge in [0.25, 0.3) is 0 Å². The number of carbonyl (C=O) groups is 1. The van der Waals surface area contributed by atoms with Crippen molar-refractivity contribution in [1.82, 2.24) is 19.5 Å². The highest BCUT2D eigenvalue weighted by Crippen LogP contribution is 2.46. The van der Waals surface area contributed by atoms with Crippen molar-refractivity contribution in [2.45, 2.75) is 88.6 Å². The Kier molecular flexibility index (Phi) is 7.21. The summed E-state index contributed by atoms with van der Waals surface area (Å²) in [5.41, 5.74) is 2.14. The Balaban J connectivity index is 1.33. The molecular weight excluding hydrogens is 569 g/mol. The van der Waals surface area contributed by atoms with Gasteiger partial charge in [-0.1, -0.05) is 48.9 Å². The van der Waals surface area contributed by atoms with E-state index in [0.717, 1.165) is 57.1 Å².